The van der Waals surface area contributed by atoms with Crippen molar-refractivity contribution < 1.29 is 21.5 Å². The second-order valence-corrected chi connectivity index (χ2v) is 12.6. The Balaban J connectivity index is 0. The minimum atomic E-state index is 0. The van der Waals surface area contributed by atoms with Gasteiger partial charge in [-0.3, -0.25) is 0 Å². The number of hydrogen-bond acceptors (Lipinski definition) is 0. The van der Waals surface area contributed by atoms with Gasteiger partial charge in [0.2, 0.25) is 0 Å². The molecule has 0 rings (SSSR count). The zero-order valence-electron chi connectivity index (χ0n) is 27.5. The highest BCUT2D eigenvalue weighted by Gasteiger charge is 2.19. The van der Waals surface area contributed by atoms with Crippen LogP contribution in [0.5, 0.6) is 0 Å². The van der Waals surface area contributed by atoms with E-state index in [1.807, 2.05) is 0 Å². The second kappa shape index (κ2) is 33.6. The Hall–Kier alpha value is 0.440. The highest BCUT2D eigenvalue weighted by molar-refractivity contribution is 4.52. The molecule has 0 aromatic carbocycles. The SMILES string of the molecule is CCCCCCCCCCCCCCCCCCCCCCCCCCCCCC[N+](CC)(CC)CC.[Br-]. The van der Waals surface area contributed by atoms with Crippen LogP contribution in [0.3, 0.4) is 0 Å². The summed E-state index contributed by atoms with van der Waals surface area (Å²) in [5.41, 5.74) is 0. The van der Waals surface area contributed by atoms with E-state index in [1.165, 1.54) is 210 Å². The van der Waals surface area contributed by atoms with Gasteiger partial charge >= 0.3 is 0 Å². The molecule has 0 radical (unpaired) electrons. The molecule has 0 aromatic heterocycles. The van der Waals surface area contributed by atoms with Gasteiger partial charge in [-0.05, 0) is 33.6 Å². The van der Waals surface area contributed by atoms with Gasteiger partial charge in [0.05, 0.1) is 26.2 Å². The minimum Gasteiger partial charge on any atom is -1.00 e. The average molecular weight is 603 g/mol. The Bertz CT molecular complexity index is 398. The van der Waals surface area contributed by atoms with Crippen LogP contribution in [0, 0.1) is 0 Å². The first-order valence-corrected chi connectivity index (χ1v) is 18.1. The molecule has 0 heterocycles. The van der Waals surface area contributed by atoms with Gasteiger partial charge in [-0.1, -0.05) is 174 Å². The number of unbranched alkanes of at least 4 members (excludes halogenated alkanes) is 27. The Morgan fingerprint density at radius 1 is 0.263 bits per heavy atom. The smallest absolute Gasteiger partial charge is 0.0786 e. The molecule has 2 heteroatoms. The van der Waals surface area contributed by atoms with Gasteiger partial charge in [-0.15, -0.1) is 0 Å². The van der Waals surface area contributed by atoms with Crippen molar-refractivity contribution >= 4 is 0 Å². The molecule has 0 aliphatic rings. The molecule has 1 nitrogen and oxygen atoms in total. The van der Waals surface area contributed by atoms with Crippen molar-refractivity contribution in [3.63, 3.8) is 0 Å². The monoisotopic (exact) mass is 602 g/mol. The largest absolute Gasteiger partial charge is 1.00 e. The Morgan fingerprint density at radius 2 is 0.447 bits per heavy atom. The van der Waals surface area contributed by atoms with Gasteiger partial charge in [0, 0.05) is 0 Å². The molecule has 38 heavy (non-hydrogen) atoms. The van der Waals surface area contributed by atoms with Gasteiger partial charge in [0.1, 0.15) is 0 Å². The first-order valence-electron chi connectivity index (χ1n) is 18.1. The lowest BCUT2D eigenvalue weighted by atomic mass is 10.0. The van der Waals surface area contributed by atoms with E-state index in [2.05, 4.69) is 27.7 Å². The first kappa shape index (κ1) is 40.6. The fourth-order valence-electron chi connectivity index (χ4n) is 6.26. The van der Waals surface area contributed by atoms with Crippen LogP contribution in [-0.4, -0.2) is 30.7 Å². The van der Waals surface area contributed by atoms with Crippen LogP contribution in [0.25, 0.3) is 0 Å². The average Bonchev–Trinajstić information content (AvgIpc) is 2.92. The molecule has 0 saturated carbocycles. The maximum Gasteiger partial charge on any atom is 0.0786 e. The van der Waals surface area contributed by atoms with Crippen molar-refractivity contribution in [2.75, 3.05) is 26.2 Å². The summed E-state index contributed by atoms with van der Waals surface area (Å²) in [6.07, 6.45) is 41.4. The van der Waals surface area contributed by atoms with Gasteiger partial charge in [-0.25, -0.2) is 0 Å². The molecule has 0 atom stereocenters. The lowest BCUT2D eigenvalue weighted by Gasteiger charge is -2.35. The number of rotatable bonds is 32. The normalized spacial score (nSPS) is 11.7. The third kappa shape index (κ3) is 28.0. The molecule has 0 N–H and O–H groups in total. The van der Waals surface area contributed by atoms with Crippen LogP contribution in [-0.2, 0) is 0 Å². The zero-order chi connectivity index (χ0) is 27.1. The molecular formula is C36H76BrN. The Morgan fingerprint density at radius 3 is 0.632 bits per heavy atom. The molecule has 232 valence electrons. The van der Waals surface area contributed by atoms with Crippen molar-refractivity contribution in [3.05, 3.63) is 0 Å². The number of halogens is 1. The summed E-state index contributed by atoms with van der Waals surface area (Å²) in [6.45, 7) is 14.8. The fraction of sp³-hybridized carbons (Fsp3) is 1.00. The number of quaternary nitrogens is 1. The summed E-state index contributed by atoms with van der Waals surface area (Å²) >= 11 is 0. The van der Waals surface area contributed by atoms with E-state index in [-0.39, 0.29) is 17.0 Å². The summed E-state index contributed by atoms with van der Waals surface area (Å²) in [7, 11) is 0. The molecule has 0 aliphatic heterocycles. The zero-order valence-corrected chi connectivity index (χ0v) is 29.0. The predicted octanol–water partition coefficient (Wildman–Crippen LogP) is 9.81. The quantitative estimate of drug-likeness (QED) is 0.0531. The highest BCUT2D eigenvalue weighted by atomic mass is 79.9. The summed E-state index contributed by atoms with van der Waals surface area (Å²) in [6, 6.07) is 0. The van der Waals surface area contributed by atoms with Crippen molar-refractivity contribution in [1.82, 2.24) is 0 Å². The summed E-state index contributed by atoms with van der Waals surface area (Å²) in [5.74, 6) is 0. The summed E-state index contributed by atoms with van der Waals surface area (Å²) in [5, 5.41) is 0. The van der Waals surface area contributed by atoms with Crippen LogP contribution in [0.2, 0.25) is 0 Å². The molecule has 0 spiro atoms. The third-order valence-electron chi connectivity index (χ3n) is 9.50. The van der Waals surface area contributed by atoms with E-state index in [1.54, 1.807) is 0 Å². The minimum absolute atomic E-state index is 0. The van der Waals surface area contributed by atoms with Crippen LogP contribution < -0.4 is 17.0 Å². The Kier molecular flexibility index (Phi) is 35.9. The van der Waals surface area contributed by atoms with Gasteiger partial charge in [-0.2, -0.15) is 0 Å². The van der Waals surface area contributed by atoms with Crippen molar-refractivity contribution in [1.29, 1.82) is 0 Å². The van der Waals surface area contributed by atoms with Crippen LogP contribution >= 0.6 is 0 Å². The van der Waals surface area contributed by atoms with E-state index >= 15 is 0 Å². The van der Waals surface area contributed by atoms with Crippen molar-refractivity contribution in [3.8, 4) is 0 Å². The lowest BCUT2D eigenvalue weighted by Crippen LogP contribution is -3.00. The van der Waals surface area contributed by atoms with E-state index in [0.29, 0.717) is 0 Å². The van der Waals surface area contributed by atoms with Crippen LogP contribution in [0.15, 0.2) is 0 Å². The van der Waals surface area contributed by atoms with E-state index < -0.39 is 0 Å². The number of nitrogens with zero attached hydrogens (tertiary/aromatic N) is 1. The Labute approximate surface area is 254 Å². The van der Waals surface area contributed by atoms with E-state index in [9.17, 15) is 0 Å². The summed E-state index contributed by atoms with van der Waals surface area (Å²) < 4.78 is 1.33. The predicted molar refractivity (Wildman–Crippen MR) is 172 cm³/mol. The highest BCUT2D eigenvalue weighted by Crippen LogP contribution is 2.17. The third-order valence-corrected chi connectivity index (χ3v) is 9.50. The molecule has 0 aromatic rings. The molecule has 0 unspecified atom stereocenters. The fourth-order valence-corrected chi connectivity index (χ4v) is 6.26. The second-order valence-electron chi connectivity index (χ2n) is 12.6. The van der Waals surface area contributed by atoms with Gasteiger partial charge < -0.3 is 21.5 Å². The molecule has 0 bridgehead atoms. The van der Waals surface area contributed by atoms with Gasteiger partial charge in [0.15, 0.2) is 0 Å². The van der Waals surface area contributed by atoms with Gasteiger partial charge in [0.25, 0.3) is 0 Å². The topological polar surface area (TPSA) is 0 Å². The first-order chi connectivity index (χ1) is 18.2. The molecule has 0 amide bonds. The summed E-state index contributed by atoms with van der Waals surface area (Å²) in [4.78, 5) is 0. The van der Waals surface area contributed by atoms with Crippen molar-refractivity contribution in [2.45, 2.75) is 207 Å². The maximum absolute atomic E-state index is 2.37. The lowest BCUT2D eigenvalue weighted by molar-refractivity contribution is -0.923. The molecule has 0 saturated heterocycles. The maximum atomic E-state index is 2.37. The van der Waals surface area contributed by atoms with E-state index in [4.69, 9.17) is 0 Å². The van der Waals surface area contributed by atoms with Crippen molar-refractivity contribution in [2.24, 2.45) is 0 Å². The number of hydrogen-bond donors (Lipinski definition) is 0. The molecule has 0 aliphatic carbocycles. The molecule has 0 fully saturated rings. The standard InChI is InChI=1S/C36H76N.BrH/c1-5-9-10-11-12-13-14-15-16-17-18-19-20-21-22-23-24-25-26-27-28-29-30-31-32-33-34-35-36-37(6-2,7-3)8-4;/h5-36H2,1-4H3;1H/q+1;/p-1. The molecular weight excluding hydrogens is 526 g/mol. The van der Waals surface area contributed by atoms with Crippen LogP contribution in [0.4, 0.5) is 0 Å². The van der Waals surface area contributed by atoms with Crippen LogP contribution in [0.1, 0.15) is 207 Å². The van der Waals surface area contributed by atoms with E-state index in [0.717, 1.165) is 0 Å².